The van der Waals surface area contributed by atoms with Gasteiger partial charge in [-0.2, -0.15) is 5.10 Å². The Morgan fingerprint density at radius 2 is 1.71 bits per heavy atom. The molecule has 35 heavy (non-hydrogen) atoms. The molecule has 1 aliphatic rings. The van der Waals surface area contributed by atoms with E-state index in [1.165, 1.54) is 11.3 Å². The Labute approximate surface area is 202 Å². The molecule has 3 aromatic rings. The molecular formula is C25H29F2N5O3. The minimum atomic E-state index is -0.759. The predicted octanol–water partition coefficient (Wildman–Crippen LogP) is 4.76. The quantitative estimate of drug-likeness (QED) is 0.525. The number of likely N-dealkylation sites (N-methyl/N-ethyl adjacent to an activating group) is 1. The number of fused-ring (bicyclic) bond motifs is 1. The molecule has 186 valence electrons. The van der Waals surface area contributed by atoms with Gasteiger partial charge in [-0.25, -0.2) is 18.3 Å². The molecule has 0 radical (unpaired) electrons. The van der Waals surface area contributed by atoms with Crippen molar-refractivity contribution in [2.75, 3.05) is 29.1 Å². The van der Waals surface area contributed by atoms with Gasteiger partial charge in [0.2, 0.25) is 0 Å². The van der Waals surface area contributed by atoms with Crippen molar-refractivity contribution in [3.05, 3.63) is 65.4 Å². The lowest BCUT2D eigenvalue weighted by molar-refractivity contribution is -0.0987. The summed E-state index contributed by atoms with van der Waals surface area (Å²) in [5.74, 6) is -1.03. The van der Waals surface area contributed by atoms with Crippen molar-refractivity contribution in [1.29, 1.82) is 0 Å². The molecule has 4 rings (SSSR count). The van der Waals surface area contributed by atoms with Crippen LogP contribution in [0.15, 0.2) is 42.5 Å². The average Bonchev–Trinajstić information content (AvgIpc) is 3.42. The molecule has 0 atom stereocenters. The first-order chi connectivity index (χ1) is 16.9. The molecule has 2 amide bonds. The second kappa shape index (κ2) is 13.0. The summed E-state index contributed by atoms with van der Waals surface area (Å²) in [4.78, 5) is 30.7. The number of carbonyl (C=O) groups is 3. The molecule has 0 unspecified atom stereocenters. The highest BCUT2D eigenvalue weighted by Crippen LogP contribution is 2.30. The lowest BCUT2D eigenvalue weighted by Gasteiger charge is -2.14. The molecule has 2 aromatic carbocycles. The monoisotopic (exact) mass is 485 g/mol. The highest BCUT2D eigenvalue weighted by atomic mass is 19.1. The number of halogens is 2. The van der Waals surface area contributed by atoms with Crippen LogP contribution in [0.3, 0.4) is 0 Å². The van der Waals surface area contributed by atoms with E-state index in [1.54, 1.807) is 4.68 Å². The number of carbonyl (C=O) groups excluding carboxylic acids is 3. The van der Waals surface area contributed by atoms with Crippen molar-refractivity contribution < 1.29 is 23.2 Å². The number of hydrogen-bond acceptors (Lipinski definition) is 5. The van der Waals surface area contributed by atoms with E-state index >= 15 is 0 Å². The normalized spacial score (nSPS) is 11.5. The fraction of sp³-hybridized carbons (Fsp3) is 0.280. The Morgan fingerprint density at radius 1 is 1.03 bits per heavy atom. The number of rotatable bonds is 6. The minimum Gasteiger partial charge on any atom is -0.374 e. The number of aromatic nitrogens is 2. The van der Waals surface area contributed by atoms with Crippen LogP contribution in [-0.4, -0.2) is 43.0 Å². The molecule has 0 fully saturated rings. The van der Waals surface area contributed by atoms with E-state index in [0.717, 1.165) is 61.8 Å². The number of benzene rings is 2. The number of urea groups is 1. The second-order valence-corrected chi connectivity index (χ2v) is 7.76. The highest BCUT2D eigenvalue weighted by molar-refractivity contribution is 5.99. The van der Waals surface area contributed by atoms with Crippen LogP contribution in [0.1, 0.15) is 31.0 Å². The van der Waals surface area contributed by atoms with E-state index in [1.807, 2.05) is 25.7 Å². The molecule has 2 heterocycles. The highest BCUT2D eigenvalue weighted by Gasteiger charge is 2.18. The SMILES string of the molecule is C=O.C=O.CCCCc1cc(NC(=O)Nc2cc(F)cc(F)c2)n(-c2ccc3c(c2)CCN3C)n1. The molecule has 0 saturated heterocycles. The summed E-state index contributed by atoms with van der Waals surface area (Å²) in [5, 5.41) is 9.93. The van der Waals surface area contributed by atoms with Crippen molar-refractivity contribution in [3.63, 3.8) is 0 Å². The Morgan fingerprint density at radius 3 is 2.37 bits per heavy atom. The van der Waals surface area contributed by atoms with Gasteiger partial charge in [0.05, 0.1) is 11.4 Å². The van der Waals surface area contributed by atoms with Crippen LogP contribution in [0.25, 0.3) is 5.69 Å². The van der Waals surface area contributed by atoms with Crippen LogP contribution >= 0.6 is 0 Å². The van der Waals surface area contributed by atoms with Crippen LogP contribution < -0.4 is 15.5 Å². The first-order valence-corrected chi connectivity index (χ1v) is 11.0. The van der Waals surface area contributed by atoms with Crippen LogP contribution in [0.4, 0.5) is 30.8 Å². The summed E-state index contributed by atoms with van der Waals surface area (Å²) in [6.07, 6.45) is 3.77. The van der Waals surface area contributed by atoms with Gasteiger partial charge in [0.15, 0.2) is 0 Å². The van der Waals surface area contributed by atoms with E-state index in [2.05, 4.69) is 41.6 Å². The average molecular weight is 486 g/mol. The fourth-order valence-electron chi connectivity index (χ4n) is 3.79. The van der Waals surface area contributed by atoms with Crippen molar-refractivity contribution in [2.24, 2.45) is 0 Å². The van der Waals surface area contributed by atoms with Crippen molar-refractivity contribution in [3.8, 4) is 5.69 Å². The molecule has 0 bridgehead atoms. The summed E-state index contributed by atoms with van der Waals surface area (Å²) in [6.45, 7) is 7.08. The van der Waals surface area contributed by atoms with Crippen LogP contribution in [0, 0.1) is 11.6 Å². The second-order valence-electron chi connectivity index (χ2n) is 7.76. The maximum atomic E-state index is 13.4. The van der Waals surface area contributed by atoms with Crippen LogP contribution in [-0.2, 0) is 22.4 Å². The van der Waals surface area contributed by atoms with Gasteiger partial charge in [0, 0.05) is 37.1 Å². The van der Waals surface area contributed by atoms with Gasteiger partial charge in [0.1, 0.15) is 31.0 Å². The molecule has 8 nitrogen and oxygen atoms in total. The number of hydrogen-bond donors (Lipinski definition) is 2. The number of amides is 2. The summed E-state index contributed by atoms with van der Waals surface area (Å²) in [6, 6.07) is 10.2. The summed E-state index contributed by atoms with van der Waals surface area (Å²) in [5.41, 5.74) is 4.18. The Hall–Kier alpha value is -4.08. The fourth-order valence-corrected chi connectivity index (χ4v) is 3.79. The largest absolute Gasteiger partial charge is 0.374 e. The Bertz CT molecular complexity index is 1130. The number of nitrogens with zero attached hydrogens (tertiary/aromatic N) is 3. The molecule has 1 aromatic heterocycles. The van der Waals surface area contributed by atoms with E-state index in [0.29, 0.717) is 5.82 Å². The van der Waals surface area contributed by atoms with E-state index in [-0.39, 0.29) is 5.69 Å². The minimum absolute atomic E-state index is 0.0350. The number of nitrogens with one attached hydrogen (secondary N) is 2. The van der Waals surface area contributed by atoms with Gasteiger partial charge in [-0.15, -0.1) is 0 Å². The van der Waals surface area contributed by atoms with Crippen molar-refractivity contribution >= 4 is 36.8 Å². The summed E-state index contributed by atoms with van der Waals surface area (Å²) >= 11 is 0. The van der Waals surface area contributed by atoms with E-state index in [4.69, 9.17) is 14.7 Å². The van der Waals surface area contributed by atoms with Crippen LogP contribution in [0.2, 0.25) is 0 Å². The summed E-state index contributed by atoms with van der Waals surface area (Å²) < 4.78 is 28.5. The number of unbranched alkanes of at least 4 members (excludes halogenated alkanes) is 1. The summed E-state index contributed by atoms with van der Waals surface area (Å²) in [7, 11) is 2.06. The first-order valence-electron chi connectivity index (χ1n) is 11.0. The maximum absolute atomic E-state index is 13.4. The van der Waals surface area contributed by atoms with E-state index in [9.17, 15) is 13.6 Å². The first kappa shape index (κ1) is 27.2. The Kier molecular flexibility index (Phi) is 10.1. The van der Waals surface area contributed by atoms with Crippen LogP contribution in [0.5, 0.6) is 0 Å². The topological polar surface area (TPSA) is 96.3 Å². The van der Waals surface area contributed by atoms with Gasteiger partial charge >= 0.3 is 6.03 Å². The molecule has 10 heteroatoms. The molecule has 0 saturated carbocycles. The smallest absolute Gasteiger partial charge is 0.324 e. The standard InChI is InChI=1S/C23H25F2N5O.2CH2O/c1-3-4-5-18-14-22(27-23(31)26-19-12-16(24)11-17(25)13-19)30(28-18)20-6-7-21-15(10-20)8-9-29(21)2;2*1-2/h6-7,10-14H,3-5,8-9H2,1-2H3,(H2,26,27,31);2*1H2. The maximum Gasteiger partial charge on any atom is 0.324 e. The molecule has 2 N–H and O–H groups in total. The number of aryl methyl sites for hydroxylation is 1. The Balaban J connectivity index is 0.00000103. The lowest BCUT2D eigenvalue weighted by Crippen LogP contribution is -2.21. The van der Waals surface area contributed by atoms with Gasteiger partial charge in [-0.05, 0) is 55.2 Å². The van der Waals surface area contributed by atoms with Crippen molar-refractivity contribution in [1.82, 2.24) is 9.78 Å². The zero-order valence-corrected chi connectivity index (χ0v) is 19.8. The zero-order chi connectivity index (χ0) is 26.0. The third kappa shape index (κ3) is 6.95. The van der Waals surface area contributed by atoms with Gasteiger partial charge in [-0.1, -0.05) is 13.3 Å². The lowest BCUT2D eigenvalue weighted by atomic mass is 10.1. The predicted molar refractivity (Wildman–Crippen MR) is 132 cm³/mol. The molecule has 1 aliphatic heterocycles. The van der Waals surface area contributed by atoms with E-state index < -0.39 is 17.7 Å². The molecule has 0 aliphatic carbocycles. The van der Waals surface area contributed by atoms with Gasteiger partial charge < -0.3 is 19.8 Å². The molecular weight excluding hydrogens is 456 g/mol. The zero-order valence-electron chi connectivity index (χ0n) is 19.8. The molecule has 0 spiro atoms. The van der Waals surface area contributed by atoms with Gasteiger partial charge in [-0.3, -0.25) is 5.32 Å². The van der Waals surface area contributed by atoms with Gasteiger partial charge in [0.25, 0.3) is 0 Å². The van der Waals surface area contributed by atoms with Crippen molar-refractivity contribution in [2.45, 2.75) is 32.6 Å². The third-order valence-electron chi connectivity index (χ3n) is 5.34. The number of anilines is 3. The third-order valence-corrected chi connectivity index (χ3v) is 5.34.